The Hall–Kier alpha value is -2.67. The molecule has 1 unspecified atom stereocenters. The van der Waals surface area contributed by atoms with Gasteiger partial charge in [0.05, 0.1) is 11.1 Å². The van der Waals surface area contributed by atoms with E-state index in [1.54, 1.807) is 12.1 Å². The van der Waals surface area contributed by atoms with E-state index < -0.39 is 29.0 Å². The van der Waals surface area contributed by atoms with Gasteiger partial charge in [-0.1, -0.05) is 30.3 Å². The quantitative estimate of drug-likeness (QED) is 0.821. The van der Waals surface area contributed by atoms with E-state index in [0.717, 1.165) is 25.1 Å². The van der Waals surface area contributed by atoms with E-state index in [9.17, 15) is 22.8 Å². The van der Waals surface area contributed by atoms with E-state index in [0.29, 0.717) is 12.1 Å². The molecule has 26 heavy (non-hydrogen) atoms. The van der Waals surface area contributed by atoms with Crippen LogP contribution >= 0.6 is 0 Å². The number of ketones is 1. The van der Waals surface area contributed by atoms with E-state index in [1.165, 1.54) is 18.2 Å². The minimum absolute atomic E-state index is 0.0367. The van der Waals surface area contributed by atoms with Gasteiger partial charge in [-0.05, 0) is 36.6 Å². The zero-order chi connectivity index (χ0) is 18.9. The van der Waals surface area contributed by atoms with Gasteiger partial charge < -0.3 is 11.1 Å². The van der Waals surface area contributed by atoms with Gasteiger partial charge in [0.2, 0.25) is 5.91 Å². The summed E-state index contributed by atoms with van der Waals surface area (Å²) in [4.78, 5) is 24.9. The lowest BCUT2D eigenvalue weighted by Gasteiger charge is -2.18. The summed E-state index contributed by atoms with van der Waals surface area (Å²) in [6, 6.07) is 9.22. The second kappa shape index (κ2) is 6.92. The molecular weight excluding hydrogens is 345 g/mol. The molecule has 0 bridgehead atoms. The van der Waals surface area contributed by atoms with E-state index in [-0.39, 0.29) is 17.0 Å². The van der Waals surface area contributed by atoms with Gasteiger partial charge in [-0.2, -0.15) is 13.2 Å². The average Bonchev–Trinajstić information content (AvgIpc) is 3.14. The highest BCUT2D eigenvalue weighted by atomic mass is 19.4. The predicted octanol–water partition coefficient (Wildman–Crippen LogP) is 3.11. The number of carbonyl (C=O) groups is 2. The fourth-order valence-corrected chi connectivity index (χ4v) is 3.35. The lowest BCUT2D eigenvalue weighted by Crippen LogP contribution is -2.22. The van der Waals surface area contributed by atoms with Crippen molar-refractivity contribution in [3.05, 3.63) is 70.3 Å². The van der Waals surface area contributed by atoms with Crippen LogP contribution in [-0.2, 0) is 6.18 Å². The Morgan fingerprint density at radius 3 is 2.35 bits per heavy atom. The van der Waals surface area contributed by atoms with Crippen molar-refractivity contribution in [1.82, 2.24) is 5.32 Å². The summed E-state index contributed by atoms with van der Waals surface area (Å²) in [5.74, 6) is -1.74. The van der Waals surface area contributed by atoms with Crippen LogP contribution in [0.5, 0.6) is 0 Å². The molecule has 1 atom stereocenters. The smallest absolute Gasteiger partial charge is 0.366 e. The van der Waals surface area contributed by atoms with Gasteiger partial charge in [-0.3, -0.25) is 9.59 Å². The Bertz CT molecular complexity index is 856. The maximum atomic E-state index is 13.3. The molecule has 0 saturated carbocycles. The minimum atomic E-state index is -4.68. The van der Waals surface area contributed by atoms with Crippen LogP contribution < -0.4 is 11.1 Å². The summed E-state index contributed by atoms with van der Waals surface area (Å²) in [6.07, 6.45) is -3.95. The number of benzene rings is 2. The monoisotopic (exact) mass is 362 g/mol. The molecule has 3 rings (SSSR count). The van der Waals surface area contributed by atoms with Gasteiger partial charge in [0.25, 0.3) is 0 Å². The lowest BCUT2D eigenvalue weighted by atomic mass is 9.85. The first-order chi connectivity index (χ1) is 12.3. The molecule has 3 N–H and O–H groups in total. The third-order valence-electron chi connectivity index (χ3n) is 4.57. The Morgan fingerprint density at radius 2 is 1.73 bits per heavy atom. The van der Waals surface area contributed by atoms with Gasteiger partial charge in [-0.15, -0.1) is 0 Å². The van der Waals surface area contributed by atoms with Crippen molar-refractivity contribution in [2.24, 2.45) is 5.73 Å². The van der Waals surface area contributed by atoms with Crippen LogP contribution in [0, 0.1) is 0 Å². The van der Waals surface area contributed by atoms with Crippen molar-refractivity contribution in [3.63, 3.8) is 0 Å². The summed E-state index contributed by atoms with van der Waals surface area (Å²) in [5, 5.41) is 3.15. The summed E-state index contributed by atoms with van der Waals surface area (Å²) in [6.45, 7) is 1.32. The molecule has 1 amide bonds. The van der Waals surface area contributed by atoms with Crippen molar-refractivity contribution >= 4 is 11.7 Å². The number of amides is 1. The highest BCUT2D eigenvalue weighted by Crippen LogP contribution is 2.35. The van der Waals surface area contributed by atoms with Crippen molar-refractivity contribution in [2.75, 3.05) is 13.1 Å². The largest absolute Gasteiger partial charge is 0.417 e. The van der Waals surface area contributed by atoms with Gasteiger partial charge in [0, 0.05) is 17.7 Å². The molecule has 2 aromatic carbocycles. The summed E-state index contributed by atoms with van der Waals surface area (Å²) in [5.41, 5.74) is 4.33. The van der Waals surface area contributed by atoms with E-state index in [1.807, 2.05) is 0 Å². The minimum Gasteiger partial charge on any atom is -0.366 e. The Kier molecular flexibility index (Phi) is 4.82. The average molecular weight is 362 g/mol. The summed E-state index contributed by atoms with van der Waals surface area (Å²) < 4.78 is 40.0. The zero-order valence-electron chi connectivity index (χ0n) is 13.8. The number of halogens is 3. The highest BCUT2D eigenvalue weighted by molar-refractivity contribution is 6.16. The summed E-state index contributed by atoms with van der Waals surface area (Å²) in [7, 11) is 0. The van der Waals surface area contributed by atoms with Crippen LogP contribution in [0.3, 0.4) is 0 Å². The topological polar surface area (TPSA) is 72.2 Å². The summed E-state index contributed by atoms with van der Waals surface area (Å²) >= 11 is 0. The molecule has 1 fully saturated rings. The fourth-order valence-electron chi connectivity index (χ4n) is 3.35. The van der Waals surface area contributed by atoms with Crippen molar-refractivity contribution in [2.45, 2.75) is 18.5 Å². The molecule has 0 radical (unpaired) electrons. The van der Waals surface area contributed by atoms with Crippen molar-refractivity contribution in [1.29, 1.82) is 0 Å². The van der Waals surface area contributed by atoms with E-state index in [4.69, 9.17) is 5.73 Å². The Labute approximate surface area is 148 Å². The molecule has 0 aliphatic carbocycles. The van der Waals surface area contributed by atoms with Gasteiger partial charge >= 0.3 is 6.18 Å². The first kappa shape index (κ1) is 18.1. The molecule has 0 aromatic heterocycles. The molecular formula is C19H17F3N2O2. The second-order valence-electron chi connectivity index (χ2n) is 6.20. The Balaban J connectivity index is 2.20. The predicted molar refractivity (Wildman–Crippen MR) is 90.1 cm³/mol. The number of primary amides is 1. The number of carbonyl (C=O) groups excluding carboxylic acids is 2. The molecule has 4 nitrogen and oxygen atoms in total. The van der Waals surface area contributed by atoms with Crippen LogP contribution in [-0.4, -0.2) is 24.8 Å². The molecule has 1 aliphatic rings. The number of hydrogen-bond donors (Lipinski definition) is 2. The zero-order valence-corrected chi connectivity index (χ0v) is 13.8. The fraction of sp³-hybridized carbons (Fsp3) is 0.263. The highest BCUT2D eigenvalue weighted by Gasteiger charge is 2.36. The Morgan fingerprint density at radius 1 is 1.04 bits per heavy atom. The molecule has 2 aromatic rings. The first-order valence-electron chi connectivity index (χ1n) is 8.15. The number of nitrogens with two attached hydrogens (primary N) is 1. The number of rotatable bonds is 4. The van der Waals surface area contributed by atoms with Crippen LogP contribution in [0.25, 0.3) is 0 Å². The van der Waals surface area contributed by atoms with Crippen LogP contribution in [0.15, 0.2) is 42.5 Å². The first-order valence-corrected chi connectivity index (χ1v) is 8.15. The molecule has 136 valence electrons. The SMILES string of the molecule is NC(=O)c1cccc(C2CCNC2)c1C(=O)c1ccccc1C(F)(F)F. The standard InChI is InChI=1S/C19H17F3N2O2/c20-19(21,22)15-7-2-1-4-13(15)17(25)16-12(11-8-9-24-10-11)5-3-6-14(16)18(23)26/h1-7,11,24H,8-10H2,(H2,23,26). The number of alkyl halides is 3. The maximum Gasteiger partial charge on any atom is 0.417 e. The normalized spacial score (nSPS) is 17.3. The van der Waals surface area contributed by atoms with Crippen LogP contribution in [0.2, 0.25) is 0 Å². The number of nitrogens with one attached hydrogen (secondary N) is 1. The maximum absolute atomic E-state index is 13.3. The molecule has 1 aliphatic heterocycles. The van der Waals surface area contributed by atoms with Crippen LogP contribution in [0.1, 0.15) is 49.7 Å². The van der Waals surface area contributed by atoms with Crippen LogP contribution in [0.4, 0.5) is 13.2 Å². The van der Waals surface area contributed by atoms with Crippen molar-refractivity contribution in [3.8, 4) is 0 Å². The van der Waals surface area contributed by atoms with Gasteiger partial charge in [0.1, 0.15) is 0 Å². The number of hydrogen-bond acceptors (Lipinski definition) is 3. The van der Waals surface area contributed by atoms with Gasteiger partial charge in [0.15, 0.2) is 5.78 Å². The molecule has 1 heterocycles. The van der Waals surface area contributed by atoms with E-state index in [2.05, 4.69) is 5.32 Å². The molecule has 7 heteroatoms. The second-order valence-corrected chi connectivity index (χ2v) is 6.20. The molecule has 1 saturated heterocycles. The van der Waals surface area contributed by atoms with Gasteiger partial charge in [-0.25, -0.2) is 0 Å². The van der Waals surface area contributed by atoms with Crippen molar-refractivity contribution < 1.29 is 22.8 Å². The molecule has 0 spiro atoms. The lowest BCUT2D eigenvalue weighted by molar-refractivity contribution is -0.137. The van der Waals surface area contributed by atoms with E-state index >= 15 is 0 Å². The third-order valence-corrected chi connectivity index (χ3v) is 4.57. The third kappa shape index (κ3) is 3.35.